The summed E-state index contributed by atoms with van der Waals surface area (Å²) in [6.07, 6.45) is 2.83. The van der Waals surface area contributed by atoms with Crippen LogP contribution in [0.15, 0.2) is 36.7 Å². The van der Waals surface area contributed by atoms with Crippen molar-refractivity contribution in [2.24, 2.45) is 0 Å². The van der Waals surface area contributed by atoms with Gasteiger partial charge in [0.1, 0.15) is 29.8 Å². The Balaban J connectivity index is 2.14. The Bertz CT molecular complexity index is 921. The van der Waals surface area contributed by atoms with Crippen LogP contribution in [0.4, 0.5) is 4.39 Å². The number of ether oxygens (including phenoxy) is 1. The highest BCUT2D eigenvalue weighted by Gasteiger charge is 2.16. The maximum Gasteiger partial charge on any atom is 0.212 e. The number of fused-ring (bicyclic) bond motifs is 1. The summed E-state index contributed by atoms with van der Waals surface area (Å²) in [4.78, 5) is 7.85. The molecule has 0 saturated heterocycles. The van der Waals surface area contributed by atoms with Crippen LogP contribution in [0.1, 0.15) is 19.5 Å². The second-order valence-electron chi connectivity index (χ2n) is 6.00. The molecule has 7 heteroatoms. The minimum Gasteiger partial charge on any atom is -0.490 e. The molecule has 3 rings (SSSR count). The van der Waals surface area contributed by atoms with Gasteiger partial charge in [-0.25, -0.2) is 9.97 Å². The second-order valence-corrected chi connectivity index (χ2v) is 6.00. The smallest absolute Gasteiger partial charge is 0.212 e. The Hall–Kier alpha value is -2.98. The molecule has 0 aliphatic carbocycles. The van der Waals surface area contributed by atoms with Crippen LogP contribution in [-0.2, 0) is 0 Å². The molecule has 122 valence electrons. The van der Waals surface area contributed by atoms with Crippen molar-refractivity contribution in [3.63, 3.8) is 0 Å². The molecule has 24 heavy (non-hydrogen) atoms. The minimum atomic E-state index is -0.989. The molecular formula is C17H15FN4O2. The largest absolute Gasteiger partial charge is 0.490 e. The fourth-order valence-electron chi connectivity index (χ4n) is 2.25. The maximum absolute atomic E-state index is 13.1. The van der Waals surface area contributed by atoms with Gasteiger partial charge in [0.25, 0.3) is 0 Å². The Kier molecular flexibility index (Phi) is 3.91. The standard InChI is InChI=1S/C17H15FN4O2/c1-17(2,23)10-24-13-5-14(11-3-4-15(18)20-8-11)22-12(7-19)9-21-16(22)6-13/h3-6,8-9,23H,10H2,1-2H3. The first-order valence-corrected chi connectivity index (χ1v) is 7.26. The van der Waals surface area contributed by atoms with Crippen LogP contribution in [0.25, 0.3) is 16.9 Å². The number of imidazole rings is 1. The summed E-state index contributed by atoms with van der Waals surface area (Å²) >= 11 is 0. The minimum absolute atomic E-state index is 0.0934. The molecular weight excluding hydrogens is 311 g/mol. The zero-order valence-electron chi connectivity index (χ0n) is 13.2. The van der Waals surface area contributed by atoms with E-state index in [0.717, 1.165) is 0 Å². The van der Waals surface area contributed by atoms with Gasteiger partial charge in [0.2, 0.25) is 5.95 Å². The van der Waals surface area contributed by atoms with Gasteiger partial charge in [-0.1, -0.05) is 0 Å². The monoisotopic (exact) mass is 326 g/mol. The Morgan fingerprint density at radius 1 is 1.29 bits per heavy atom. The molecule has 0 unspecified atom stereocenters. The van der Waals surface area contributed by atoms with E-state index in [9.17, 15) is 14.8 Å². The number of aliphatic hydroxyl groups is 1. The number of pyridine rings is 2. The van der Waals surface area contributed by atoms with E-state index in [1.165, 1.54) is 18.5 Å². The van der Waals surface area contributed by atoms with E-state index in [-0.39, 0.29) is 6.61 Å². The van der Waals surface area contributed by atoms with E-state index in [2.05, 4.69) is 16.0 Å². The number of nitrogens with zero attached hydrogens (tertiary/aromatic N) is 4. The summed E-state index contributed by atoms with van der Waals surface area (Å²) in [6.45, 7) is 3.37. The predicted molar refractivity (Wildman–Crippen MR) is 84.9 cm³/mol. The van der Waals surface area contributed by atoms with Crippen LogP contribution < -0.4 is 4.74 Å². The molecule has 3 aromatic rings. The molecule has 0 amide bonds. The number of nitriles is 1. The van der Waals surface area contributed by atoms with E-state index < -0.39 is 11.5 Å². The SMILES string of the molecule is CC(C)(O)COc1cc(-c2ccc(F)nc2)n2c(C#N)cnc2c1. The van der Waals surface area contributed by atoms with Crippen molar-refractivity contribution in [3.8, 4) is 23.1 Å². The summed E-state index contributed by atoms with van der Waals surface area (Å²) in [5, 5.41) is 19.1. The third-order valence-corrected chi connectivity index (χ3v) is 3.31. The molecule has 0 aliphatic heterocycles. The Labute approximate surface area is 137 Å². The van der Waals surface area contributed by atoms with Crippen LogP contribution in [0.5, 0.6) is 5.75 Å². The van der Waals surface area contributed by atoms with Gasteiger partial charge < -0.3 is 9.84 Å². The van der Waals surface area contributed by atoms with E-state index in [1.54, 1.807) is 36.4 Å². The molecule has 0 fully saturated rings. The van der Waals surface area contributed by atoms with Crippen LogP contribution in [0.2, 0.25) is 0 Å². The first kappa shape index (κ1) is 15.9. The fourth-order valence-corrected chi connectivity index (χ4v) is 2.25. The maximum atomic E-state index is 13.1. The van der Waals surface area contributed by atoms with E-state index in [4.69, 9.17) is 4.74 Å². The van der Waals surface area contributed by atoms with Gasteiger partial charge in [-0.15, -0.1) is 0 Å². The fraction of sp³-hybridized carbons (Fsp3) is 0.235. The van der Waals surface area contributed by atoms with Gasteiger partial charge in [0.05, 0.1) is 17.5 Å². The summed E-state index contributed by atoms with van der Waals surface area (Å²) in [5.74, 6) is -0.102. The van der Waals surface area contributed by atoms with E-state index in [0.29, 0.717) is 28.3 Å². The molecule has 3 aromatic heterocycles. The lowest BCUT2D eigenvalue weighted by Crippen LogP contribution is -2.27. The molecule has 0 saturated carbocycles. The lowest BCUT2D eigenvalue weighted by molar-refractivity contribution is 0.0285. The predicted octanol–water partition coefficient (Wildman–Crippen LogP) is 2.56. The van der Waals surface area contributed by atoms with Crippen molar-refractivity contribution >= 4 is 5.65 Å². The van der Waals surface area contributed by atoms with Crippen molar-refractivity contribution in [3.05, 3.63) is 48.3 Å². The molecule has 0 bridgehead atoms. The van der Waals surface area contributed by atoms with E-state index in [1.807, 2.05) is 0 Å². The average Bonchev–Trinajstić information content (AvgIpc) is 2.95. The third kappa shape index (κ3) is 3.19. The summed E-state index contributed by atoms with van der Waals surface area (Å²) in [7, 11) is 0. The van der Waals surface area contributed by atoms with Gasteiger partial charge in [-0.3, -0.25) is 4.40 Å². The zero-order chi connectivity index (χ0) is 17.3. The van der Waals surface area contributed by atoms with Crippen molar-refractivity contribution in [2.75, 3.05) is 6.61 Å². The highest BCUT2D eigenvalue weighted by atomic mass is 19.1. The zero-order valence-corrected chi connectivity index (χ0v) is 13.2. The number of hydrogen-bond acceptors (Lipinski definition) is 5. The Morgan fingerprint density at radius 2 is 2.08 bits per heavy atom. The molecule has 3 heterocycles. The summed E-state index contributed by atoms with van der Waals surface area (Å²) in [6, 6.07) is 8.26. The summed E-state index contributed by atoms with van der Waals surface area (Å²) < 4.78 is 20.4. The number of hydrogen-bond donors (Lipinski definition) is 1. The molecule has 0 atom stereocenters. The van der Waals surface area contributed by atoms with Gasteiger partial charge in [0, 0.05) is 23.9 Å². The number of aromatic nitrogens is 3. The number of rotatable bonds is 4. The van der Waals surface area contributed by atoms with Gasteiger partial charge >= 0.3 is 0 Å². The van der Waals surface area contributed by atoms with Crippen molar-refractivity contribution in [2.45, 2.75) is 19.4 Å². The quantitative estimate of drug-likeness (QED) is 0.745. The number of halogens is 1. The molecule has 0 aromatic carbocycles. The van der Waals surface area contributed by atoms with Crippen LogP contribution in [-0.4, -0.2) is 31.7 Å². The van der Waals surface area contributed by atoms with Crippen molar-refractivity contribution in [1.29, 1.82) is 5.26 Å². The van der Waals surface area contributed by atoms with Crippen LogP contribution >= 0.6 is 0 Å². The van der Waals surface area contributed by atoms with Crippen molar-refractivity contribution in [1.82, 2.24) is 14.4 Å². The first-order chi connectivity index (χ1) is 11.4. The van der Waals surface area contributed by atoms with Gasteiger partial charge in [-0.2, -0.15) is 9.65 Å². The Morgan fingerprint density at radius 3 is 2.71 bits per heavy atom. The molecule has 0 radical (unpaired) electrons. The highest BCUT2D eigenvalue weighted by molar-refractivity contribution is 5.67. The van der Waals surface area contributed by atoms with E-state index >= 15 is 0 Å². The first-order valence-electron chi connectivity index (χ1n) is 7.26. The van der Waals surface area contributed by atoms with Crippen molar-refractivity contribution < 1.29 is 14.2 Å². The van der Waals surface area contributed by atoms with Gasteiger partial charge in [0.15, 0.2) is 0 Å². The highest BCUT2D eigenvalue weighted by Crippen LogP contribution is 2.27. The van der Waals surface area contributed by atoms with Crippen LogP contribution in [0, 0.1) is 17.3 Å². The lowest BCUT2D eigenvalue weighted by Gasteiger charge is -2.18. The average molecular weight is 326 g/mol. The normalized spacial score (nSPS) is 11.5. The molecule has 0 spiro atoms. The van der Waals surface area contributed by atoms with Gasteiger partial charge in [-0.05, 0) is 26.0 Å². The molecule has 6 nitrogen and oxygen atoms in total. The lowest BCUT2D eigenvalue weighted by atomic mass is 10.1. The topological polar surface area (TPSA) is 83.4 Å². The third-order valence-electron chi connectivity index (χ3n) is 3.31. The molecule has 0 aliphatic rings. The second kappa shape index (κ2) is 5.91. The van der Waals surface area contributed by atoms with Crippen LogP contribution in [0.3, 0.4) is 0 Å². The molecule has 1 N–H and O–H groups in total. The summed E-state index contributed by atoms with van der Waals surface area (Å²) in [5.41, 5.74) is 1.08.